The third-order valence-corrected chi connectivity index (χ3v) is 3.82. The third-order valence-electron chi connectivity index (χ3n) is 2.19. The summed E-state index contributed by atoms with van der Waals surface area (Å²) < 4.78 is 1.05. The van der Waals surface area contributed by atoms with E-state index in [0.29, 0.717) is 18.1 Å². The smallest absolute Gasteiger partial charge is 0.271 e. The fourth-order valence-electron chi connectivity index (χ4n) is 1.28. The molecule has 0 aromatic carbocycles. The first-order valence-electron chi connectivity index (χ1n) is 5.21. The highest BCUT2D eigenvalue weighted by molar-refractivity contribution is 9.11. The van der Waals surface area contributed by atoms with Crippen LogP contribution in [0, 0.1) is 0 Å². The molecule has 0 radical (unpaired) electrons. The van der Waals surface area contributed by atoms with Gasteiger partial charge in [0.05, 0.1) is 22.7 Å². The highest BCUT2D eigenvalue weighted by Crippen LogP contribution is 2.21. The van der Waals surface area contributed by atoms with Gasteiger partial charge in [-0.25, -0.2) is 9.97 Å². The van der Waals surface area contributed by atoms with Gasteiger partial charge in [0, 0.05) is 11.9 Å². The second-order valence-electron chi connectivity index (χ2n) is 3.43. The van der Waals surface area contributed by atoms with Gasteiger partial charge >= 0.3 is 0 Å². The number of amides is 1. The molecule has 0 aliphatic heterocycles. The SMILES string of the molecule is CNc1cnc(C(=O)NCc2ccc(Br)s2)cn1. The number of hydrogen-bond donors (Lipinski definition) is 2. The molecule has 2 heterocycles. The first kappa shape index (κ1) is 13.0. The van der Waals surface area contributed by atoms with Crippen LogP contribution in [0.4, 0.5) is 5.82 Å². The Labute approximate surface area is 117 Å². The van der Waals surface area contributed by atoms with Crippen LogP contribution >= 0.6 is 27.3 Å². The van der Waals surface area contributed by atoms with Crippen LogP contribution in [-0.2, 0) is 6.54 Å². The number of hydrogen-bond acceptors (Lipinski definition) is 5. The zero-order valence-corrected chi connectivity index (χ0v) is 12.0. The minimum atomic E-state index is -0.227. The lowest BCUT2D eigenvalue weighted by atomic mass is 10.4. The van der Waals surface area contributed by atoms with E-state index in [0.717, 1.165) is 8.66 Å². The van der Waals surface area contributed by atoms with Gasteiger partial charge in [-0.1, -0.05) is 0 Å². The first-order chi connectivity index (χ1) is 8.69. The van der Waals surface area contributed by atoms with E-state index in [-0.39, 0.29) is 5.91 Å². The number of thiophene rings is 1. The Morgan fingerprint density at radius 1 is 1.39 bits per heavy atom. The molecule has 94 valence electrons. The summed E-state index contributed by atoms with van der Waals surface area (Å²) >= 11 is 4.96. The van der Waals surface area contributed by atoms with E-state index < -0.39 is 0 Å². The molecule has 5 nitrogen and oxygen atoms in total. The van der Waals surface area contributed by atoms with Gasteiger partial charge in [-0.15, -0.1) is 11.3 Å². The molecule has 18 heavy (non-hydrogen) atoms. The average Bonchev–Trinajstić information content (AvgIpc) is 2.82. The van der Waals surface area contributed by atoms with Crippen molar-refractivity contribution >= 4 is 39.0 Å². The van der Waals surface area contributed by atoms with Gasteiger partial charge in [0.25, 0.3) is 5.91 Å². The second kappa shape index (κ2) is 5.92. The van der Waals surface area contributed by atoms with Gasteiger partial charge in [-0.2, -0.15) is 0 Å². The van der Waals surface area contributed by atoms with Crippen LogP contribution in [0.5, 0.6) is 0 Å². The molecular formula is C11H11BrN4OS. The number of nitrogens with zero attached hydrogens (tertiary/aromatic N) is 2. The Balaban J connectivity index is 1.94. The van der Waals surface area contributed by atoms with Crippen LogP contribution in [0.15, 0.2) is 28.3 Å². The van der Waals surface area contributed by atoms with Crippen molar-refractivity contribution in [3.8, 4) is 0 Å². The number of nitrogens with one attached hydrogen (secondary N) is 2. The molecule has 0 aliphatic rings. The molecule has 0 spiro atoms. The zero-order valence-electron chi connectivity index (χ0n) is 9.61. The molecule has 0 aliphatic carbocycles. The van der Waals surface area contributed by atoms with Gasteiger partial charge in [0.1, 0.15) is 11.5 Å². The average molecular weight is 327 g/mol. The Morgan fingerprint density at radius 3 is 2.78 bits per heavy atom. The minimum absolute atomic E-state index is 0.227. The van der Waals surface area contributed by atoms with E-state index in [1.807, 2.05) is 12.1 Å². The molecule has 2 aromatic rings. The van der Waals surface area contributed by atoms with Crippen LogP contribution in [0.3, 0.4) is 0 Å². The lowest BCUT2D eigenvalue weighted by Crippen LogP contribution is -2.23. The lowest BCUT2D eigenvalue weighted by molar-refractivity contribution is 0.0946. The van der Waals surface area contributed by atoms with E-state index in [1.54, 1.807) is 18.4 Å². The standard InChI is InChI=1S/C11H11BrN4OS/c1-13-10-6-14-8(5-15-10)11(17)16-4-7-2-3-9(12)18-7/h2-3,5-6H,4H2,1H3,(H,13,15)(H,16,17). The zero-order chi connectivity index (χ0) is 13.0. The molecule has 0 unspecified atom stereocenters. The van der Waals surface area contributed by atoms with Crippen molar-refractivity contribution in [2.24, 2.45) is 0 Å². The topological polar surface area (TPSA) is 66.9 Å². The van der Waals surface area contributed by atoms with Crippen LogP contribution in [-0.4, -0.2) is 22.9 Å². The quantitative estimate of drug-likeness (QED) is 0.904. The van der Waals surface area contributed by atoms with Crippen LogP contribution in [0.25, 0.3) is 0 Å². The highest BCUT2D eigenvalue weighted by atomic mass is 79.9. The summed E-state index contributed by atoms with van der Waals surface area (Å²) in [5.74, 6) is 0.406. The Bertz CT molecular complexity index is 540. The summed E-state index contributed by atoms with van der Waals surface area (Å²) in [6.07, 6.45) is 2.97. The molecule has 2 aromatic heterocycles. The molecule has 0 saturated carbocycles. The maximum Gasteiger partial charge on any atom is 0.271 e. The number of halogens is 1. The van der Waals surface area contributed by atoms with Crippen LogP contribution < -0.4 is 10.6 Å². The van der Waals surface area contributed by atoms with Gasteiger partial charge in [-0.3, -0.25) is 4.79 Å². The van der Waals surface area contributed by atoms with Crippen molar-refractivity contribution in [3.63, 3.8) is 0 Å². The fraction of sp³-hybridized carbons (Fsp3) is 0.182. The van der Waals surface area contributed by atoms with Crippen molar-refractivity contribution in [1.82, 2.24) is 15.3 Å². The summed E-state index contributed by atoms with van der Waals surface area (Å²) in [5.41, 5.74) is 0.310. The molecular weight excluding hydrogens is 316 g/mol. The van der Waals surface area contributed by atoms with Gasteiger partial charge in [0.15, 0.2) is 0 Å². The molecule has 2 N–H and O–H groups in total. The number of carbonyl (C=O) groups excluding carboxylic acids is 1. The monoisotopic (exact) mass is 326 g/mol. The van der Waals surface area contributed by atoms with Crippen molar-refractivity contribution in [3.05, 3.63) is 38.9 Å². The van der Waals surface area contributed by atoms with E-state index in [2.05, 4.69) is 36.5 Å². The summed E-state index contributed by atoms with van der Waals surface area (Å²) in [6.45, 7) is 0.491. The Morgan fingerprint density at radius 2 is 2.22 bits per heavy atom. The number of aromatic nitrogens is 2. The molecule has 1 amide bonds. The number of carbonyl (C=O) groups is 1. The predicted octanol–water partition coefficient (Wildman–Crippen LogP) is 2.27. The van der Waals surface area contributed by atoms with Gasteiger partial charge in [-0.05, 0) is 28.1 Å². The molecule has 0 bridgehead atoms. The summed E-state index contributed by atoms with van der Waals surface area (Å²) in [7, 11) is 1.75. The van der Waals surface area contributed by atoms with Gasteiger partial charge < -0.3 is 10.6 Å². The van der Waals surface area contributed by atoms with Crippen molar-refractivity contribution < 1.29 is 4.79 Å². The normalized spacial score (nSPS) is 10.1. The Kier molecular flexibility index (Phi) is 4.27. The number of rotatable bonds is 4. The predicted molar refractivity (Wildman–Crippen MR) is 74.8 cm³/mol. The van der Waals surface area contributed by atoms with E-state index in [9.17, 15) is 4.79 Å². The first-order valence-corrected chi connectivity index (χ1v) is 6.82. The van der Waals surface area contributed by atoms with Crippen molar-refractivity contribution in [2.45, 2.75) is 6.54 Å². The van der Waals surface area contributed by atoms with E-state index in [4.69, 9.17) is 0 Å². The maximum absolute atomic E-state index is 11.8. The van der Waals surface area contributed by atoms with Gasteiger partial charge in [0.2, 0.25) is 0 Å². The lowest BCUT2D eigenvalue weighted by Gasteiger charge is -2.03. The minimum Gasteiger partial charge on any atom is -0.372 e. The molecule has 7 heteroatoms. The van der Waals surface area contributed by atoms with E-state index in [1.165, 1.54) is 12.4 Å². The molecule has 2 rings (SSSR count). The summed E-state index contributed by atoms with van der Waals surface area (Å²) in [4.78, 5) is 20.9. The molecule has 0 saturated heterocycles. The maximum atomic E-state index is 11.8. The summed E-state index contributed by atoms with van der Waals surface area (Å²) in [5, 5.41) is 5.64. The third kappa shape index (κ3) is 3.27. The van der Waals surface area contributed by atoms with E-state index >= 15 is 0 Å². The number of anilines is 1. The molecule has 0 fully saturated rings. The second-order valence-corrected chi connectivity index (χ2v) is 5.97. The highest BCUT2D eigenvalue weighted by Gasteiger charge is 2.08. The van der Waals surface area contributed by atoms with Crippen molar-refractivity contribution in [1.29, 1.82) is 0 Å². The summed E-state index contributed by atoms with van der Waals surface area (Å²) in [6, 6.07) is 3.92. The van der Waals surface area contributed by atoms with Crippen LogP contribution in [0.2, 0.25) is 0 Å². The molecule has 0 atom stereocenters. The fourth-order valence-corrected chi connectivity index (χ4v) is 2.70. The largest absolute Gasteiger partial charge is 0.372 e. The van der Waals surface area contributed by atoms with Crippen molar-refractivity contribution in [2.75, 3.05) is 12.4 Å². The Hall–Kier alpha value is -1.47. The van der Waals surface area contributed by atoms with Crippen LogP contribution in [0.1, 0.15) is 15.4 Å².